The highest BCUT2D eigenvalue weighted by Crippen LogP contribution is 2.21. The van der Waals surface area contributed by atoms with Gasteiger partial charge in [0, 0.05) is 17.8 Å². The number of rotatable bonds is 2. The van der Waals surface area contributed by atoms with Crippen molar-refractivity contribution in [1.82, 2.24) is 15.0 Å². The molecule has 0 spiro atoms. The Morgan fingerprint density at radius 2 is 1.72 bits per heavy atom. The van der Waals surface area contributed by atoms with E-state index in [2.05, 4.69) is 30.9 Å². The summed E-state index contributed by atoms with van der Waals surface area (Å²) in [7, 11) is 0. The SMILES string of the molecule is Brc1cnc(Oc2cnc3ccccc3c2)nc1. The Morgan fingerprint density at radius 1 is 0.944 bits per heavy atom. The monoisotopic (exact) mass is 301 g/mol. The van der Waals surface area contributed by atoms with Gasteiger partial charge in [0.25, 0.3) is 0 Å². The van der Waals surface area contributed by atoms with E-state index in [1.165, 1.54) is 0 Å². The van der Waals surface area contributed by atoms with Gasteiger partial charge in [-0.25, -0.2) is 9.97 Å². The third-order valence-electron chi connectivity index (χ3n) is 2.37. The van der Waals surface area contributed by atoms with Crippen molar-refractivity contribution in [2.75, 3.05) is 0 Å². The molecule has 0 unspecified atom stereocenters. The van der Waals surface area contributed by atoms with Gasteiger partial charge in [-0.1, -0.05) is 18.2 Å². The van der Waals surface area contributed by atoms with Crippen LogP contribution in [0, 0.1) is 0 Å². The summed E-state index contributed by atoms with van der Waals surface area (Å²) in [6.07, 6.45) is 4.93. The largest absolute Gasteiger partial charge is 0.423 e. The van der Waals surface area contributed by atoms with Crippen LogP contribution in [0.2, 0.25) is 0 Å². The van der Waals surface area contributed by atoms with Crippen molar-refractivity contribution >= 4 is 26.8 Å². The number of hydrogen-bond donors (Lipinski definition) is 0. The average molecular weight is 302 g/mol. The molecule has 2 aromatic heterocycles. The fourth-order valence-corrected chi connectivity index (χ4v) is 1.77. The van der Waals surface area contributed by atoms with E-state index in [0.29, 0.717) is 11.8 Å². The summed E-state index contributed by atoms with van der Waals surface area (Å²) in [4.78, 5) is 12.4. The number of para-hydroxylation sites is 1. The number of fused-ring (bicyclic) bond motifs is 1. The van der Waals surface area contributed by atoms with Gasteiger partial charge in [0.2, 0.25) is 0 Å². The number of aromatic nitrogens is 3. The lowest BCUT2D eigenvalue weighted by Crippen LogP contribution is -1.91. The second-order valence-corrected chi connectivity index (χ2v) is 4.57. The first-order chi connectivity index (χ1) is 8.81. The summed E-state index contributed by atoms with van der Waals surface area (Å²) in [6, 6.07) is 10.1. The molecule has 0 aliphatic heterocycles. The van der Waals surface area contributed by atoms with Crippen LogP contribution >= 0.6 is 15.9 Å². The van der Waals surface area contributed by atoms with Gasteiger partial charge in [0.15, 0.2) is 0 Å². The van der Waals surface area contributed by atoms with Crippen LogP contribution in [0.1, 0.15) is 0 Å². The van der Waals surface area contributed by atoms with Crippen molar-refractivity contribution in [2.24, 2.45) is 0 Å². The van der Waals surface area contributed by atoms with Crippen molar-refractivity contribution in [3.05, 3.63) is 53.4 Å². The predicted molar refractivity (Wildman–Crippen MR) is 71.5 cm³/mol. The molecule has 2 heterocycles. The Labute approximate surface area is 112 Å². The third-order valence-corrected chi connectivity index (χ3v) is 2.78. The molecular formula is C13H8BrN3O. The number of pyridine rings is 1. The smallest absolute Gasteiger partial charge is 0.321 e. The maximum Gasteiger partial charge on any atom is 0.321 e. The highest BCUT2D eigenvalue weighted by atomic mass is 79.9. The molecule has 88 valence electrons. The molecule has 1 aromatic carbocycles. The lowest BCUT2D eigenvalue weighted by atomic mass is 10.2. The Morgan fingerprint density at radius 3 is 2.56 bits per heavy atom. The van der Waals surface area contributed by atoms with E-state index in [1.807, 2.05) is 30.3 Å². The van der Waals surface area contributed by atoms with Crippen molar-refractivity contribution in [2.45, 2.75) is 0 Å². The number of benzene rings is 1. The van der Waals surface area contributed by atoms with E-state index in [-0.39, 0.29) is 0 Å². The Bertz CT molecular complexity index is 685. The molecule has 0 aliphatic rings. The van der Waals surface area contributed by atoms with Crippen LogP contribution in [0.25, 0.3) is 10.9 Å². The fraction of sp³-hybridized carbons (Fsp3) is 0. The summed E-state index contributed by atoms with van der Waals surface area (Å²) >= 11 is 3.27. The fourth-order valence-electron chi connectivity index (χ4n) is 1.57. The molecule has 0 N–H and O–H groups in total. The van der Waals surface area contributed by atoms with Gasteiger partial charge in [-0.15, -0.1) is 0 Å². The Balaban J connectivity index is 1.92. The van der Waals surface area contributed by atoms with Crippen molar-refractivity contribution in [3.63, 3.8) is 0 Å². The zero-order valence-electron chi connectivity index (χ0n) is 9.25. The first-order valence-corrected chi connectivity index (χ1v) is 6.11. The standard InChI is InChI=1S/C13H8BrN3O/c14-10-6-16-13(17-7-10)18-11-5-9-3-1-2-4-12(9)15-8-11/h1-8H. The van der Waals surface area contributed by atoms with E-state index in [1.54, 1.807) is 18.6 Å². The molecule has 4 nitrogen and oxygen atoms in total. The van der Waals surface area contributed by atoms with Crippen LogP contribution in [0.4, 0.5) is 0 Å². The van der Waals surface area contributed by atoms with Crippen LogP contribution in [0.5, 0.6) is 11.8 Å². The first kappa shape index (κ1) is 11.1. The number of halogens is 1. The van der Waals surface area contributed by atoms with Crippen LogP contribution in [0.15, 0.2) is 53.4 Å². The predicted octanol–water partition coefficient (Wildman–Crippen LogP) is 3.58. The summed E-state index contributed by atoms with van der Waals surface area (Å²) in [6.45, 7) is 0. The molecule has 0 saturated heterocycles. The summed E-state index contributed by atoms with van der Waals surface area (Å²) in [5.41, 5.74) is 0.932. The molecule has 0 aliphatic carbocycles. The van der Waals surface area contributed by atoms with Crippen molar-refractivity contribution in [1.29, 1.82) is 0 Å². The molecule has 5 heteroatoms. The second kappa shape index (κ2) is 4.70. The lowest BCUT2D eigenvalue weighted by Gasteiger charge is -2.04. The molecule has 0 amide bonds. The van der Waals surface area contributed by atoms with E-state index in [0.717, 1.165) is 15.4 Å². The van der Waals surface area contributed by atoms with Gasteiger partial charge in [-0.3, -0.25) is 4.98 Å². The number of hydrogen-bond acceptors (Lipinski definition) is 4. The van der Waals surface area contributed by atoms with Gasteiger partial charge < -0.3 is 4.74 Å². The van der Waals surface area contributed by atoms with Crippen molar-refractivity contribution in [3.8, 4) is 11.8 Å². The summed E-state index contributed by atoms with van der Waals surface area (Å²) < 4.78 is 6.35. The Hall–Kier alpha value is -2.01. The molecular weight excluding hydrogens is 294 g/mol. The molecule has 3 rings (SSSR count). The molecule has 0 radical (unpaired) electrons. The minimum absolute atomic E-state index is 0.301. The average Bonchev–Trinajstić information content (AvgIpc) is 2.41. The normalized spacial score (nSPS) is 10.5. The third kappa shape index (κ3) is 2.31. The van der Waals surface area contributed by atoms with E-state index < -0.39 is 0 Å². The summed E-state index contributed by atoms with van der Waals surface area (Å²) in [5.74, 6) is 0.621. The molecule has 0 atom stereocenters. The first-order valence-electron chi connectivity index (χ1n) is 5.31. The number of ether oxygens (including phenoxy) is 1. The lowest BCUT2D eigenvalue weighted by molar-refractivity contribution is 0.440. The van der Waals surface area contributed by atoms with E-state index >= 15 is 0 Å². The van der Waals surface area contributed by atoms with E-state index in [4.69, 9.17) is 4.74 Å². The van der Waals surface area contributed by atoms with Crippen LogP contribution < -0.4 is 4.74 Å². The minimum Gasteiger partial charge on any atom is -0.423 e. The molecule has 0 fully saturated rings. The maximum absolute atomic E-state index is 5.54. The molecule has 3 aromatic rings. The summed E-state index contributed by atoms with van der Waals surface area (Å²) in [5, 5.41) is 1.02. The van der Waals surface area contributed by atoms with Gasteiger partial charge in [0.05, 0.1) is 16.2 Å². The van der Waals surface area contributed by atoms with E-state index in [9.17, 15) is 0 Å². The second-order valence-electron chi connectivity index (χ2n) is 3.65. The zero-order valence-corrected chi connectivity index (χ0v) is 10.8. The zero-order chi connectivity index (χ0) is 12.4. The van der Waals surface area contributed by atoms with Gasteiger partial charge in [-0.2, -0.15) is 0 Å². The van der Waals surface area contributed by atoms with Crippen LogP contribution in [-0.4, -0.2) is 15.0 Å². The van der Waals surface area contributed by atoms with Crippen LogP contribution in [0.3, 0.4) is 0 Å². The molecule has 0 saturated carbocycles. The topological polar surface area (TPSA) is 47.9 Å². The van der Waals surface area contributed by atoms with Crippen molar-refractivity contribution < 1.29 is 4.74 Å². The molecule has 18 heavy (non-hydrogen) atoms. The van der Waals surface area contributed by atoms with Gasteiger partial charge >= 0.3 is 6.01 Å². The number of nitrogens with zero attached hydrogens (tertiary/aromatic N) is 3. The van der Waals surface area contributed by atoms with Gasteiger partial charge in [-0.05, 0) is 28.1 Å². The Kier molecular flexibility index (Phi) is 2.90. The minimum atomic E-state index is 0.301. The highest BCUT2D eigenvalue weighted by molar-refractivity contribution is 9.10. The highest BCUT2D eigenvalue weighted by Gasteiger charge is 2.02. The quantitative estimate of drug-likeness (QED) is 0.726. The molecule has 0 bridgehead atoms. The maximum atomic E-state index is 5.54. The van der Waals surface area contributed by atoms with Gasteiger partial charge in [0.1, 0.15) is 5.75 Å². The van der Waals surface area contributed by atoms with Crippen LogP contribution in [-0.2, 0) is 0 Å².